The Bertz CT molecular complexity index is 938. The first-order valence-corrected chi connectivity index (χ1v) is 10.3. The number of sulfonamides is 1. The first kappa shape index (κ1) is 17.8. The summed E-state index contributed by atoms with van der Waals surface area (Å²) in [5, 5.41) is 0. The van der Waals surface area contributed by atoms with Gasteiger partial charge >= 0.3 is 0 Å². The molecule has 0 amide bonds. The molecule has 130 valence electrons. The fraction of sp³-hybridized carbons (Fsp3) is 0.167. The van der Waals surface area contributed by atoms with Crippen LogP contribution in [0.4, 0.5) is 0 Å². The molecule has 0 aliphatic heterocycles. The topological polar surface area (TPSA) is 63.4 Å². The number of hydrogen-bond acceptors (Lipinski definition) is 4. The molecule has 1 heterocycles. The molecule has 3 rings (SSSR count). The van der Waals surface area contributed by atoms with Crippen molar-refractivity contribution in [2.75, 3.05) is 6.26 Å². The van der Waals surface area contributed by atoms with Gasteiger partial charge in [-0.1, -0.05) is 58.4 Å². The van der Waals surface area contributed by atoms with Crippen molar-refractivity contribution in [3.05, 3.63) is 76.7 Å². The van der Waals surface area contributed by atoms with Gasteiger partial charge in [-0.05, 0) is 17.7 Å². The van der Waals surface area contributed by atoms with Crippen molar-refractivity contribution >= 4 is 26.0 Å². The fourth-order valence-electron chi connectivity index (χ4n) is 2.36. The van der Waals surface area contributed by atoms with Gasteiger partial charge in [0, 0.05) is 16.6 Å². The number of benzene rings is 2. The Morgan fingerprint density at radius 3 is 2.36 bits per heavy atom. The van der Waals surface area contributed by atoms with E-state index in [1.807, 2.05) is 54.6 Å². The van der Waals surface area contributed by atoms with Crippen molar-refractivity contribution < 1.29 is 12.8 Å². The van der Waals surface area contributed by atoms with Crippen molar-refractivity contribution in [2.45, 2.75) is 13.1 Å². The van der Waals surface area contributed by atoms with Crippen LogP contribution in [0, 0.1) is 0 Å². The van der Waals surface area contributed by atoms with E-state index in [0.29, 0.717) is 11.7 Å². The summed E-state index contributed by atoms with van der Waals surface area (Å²) in [7, 11) is -3.40. The van der Waals surface area contributed by atoms with Crippen LogP contribution < -0.4 is 0 Å². The number of halogens is 1. The van der Waals surface area contributed by atoms with Gasteiger partial charge < -0.3 is 4.42 Å². The zero-order valence-corrected chi connectivity index (χ0v) is 16.0. The quantitative estimate of drug-likeness (QED) is 0.602. The monoisotopic (exact) mass is 420 g/mol. The maximum atomic E-state index is 12.1. The minimum absolute atomic E-state index is 0.0876. The maximum absolute atomic E-state index is 12.1. The molecule has 25 heavy (non-hydrogen) atoms. The van der Waals surface area contributed by atoms with Gasteiger partial charge in [0.25, 0.3) is 0 Å². The highest BCUT2D eigenvalue weighted by Gasteiger charge is 2.20. The van der Waals surface area contributed by atoms with E-state index in [2.05, 4.69) is 20.9 Å². The maximum Gasteiger partial charge on any atom is 0.211 e. The number of nitrogens with zero attached hydrogens (tertiary/aromatic N) is 2. The molecular weight excluding hydrogens is 404 g/mol. The molecule has 0 aliphatic rings. The SMILES string of the molecule is CS(=O)(=O)N(Cc1ccccc1)Cc1ncc(-c2ccc(Br)cc2)o1. The molecule has 0 bridgehead atoms. The highest BCUT2D eigenvalue weighted by atomic mass is 79.9. The molecule has 0 saturated carbocycles. The Balaban J connectivity index is 1.79. The highest BCUT2D eigenvalue weighted by Crippen LogP contribution is 2.23. The predicted octanol–water partition coefficient (Wildman–Crippen LogP) is 4.07. The molecule has 0 saturated heterocycles. The Morgan fingerprint density at radius 2 is 1.72 bits per heavy atom. The van der Waals surface area contributed by atoms with Crippen molar-refractivity contribution in [2.24, 2.45) is 0 Å². The molecule has 1 aromatic heterocycles. The van der Waals surface area contributed by atoms with Gasteiger partial charge in [-0.15, -0.1) is 0 Å². The highest BCUT2D eigenvalue weighted by molar-refractivity contribution is 9.10. The van der Waals surface area contributed by atoms with E-state index >= 15 is 0 Å². The zero-order valence-electron chi connectivity index (χ0n) is 13.6. The average molecular weight is 421 g/mol. The summed E-state index contributed by atoms with van der Waals surface area (Å²) in [6, 6.07) is 17.1. The van der Waals surface area contributed by atoms with Crippen LogP contribution in [0.3, 0.4) is 0 Å². The molecule has 0 radical (unpaired) electrons. The average Bonchev–Trinajstić information content (AvgIpc) is 3.04. The second kappa shape index (κ2) is 7.51. The van der Waals surface area contributed by atoms with E-state index in [-0.39, 0.29) is 13.1 Å². The van der Waals surface area contributed by atoms with E-state index in [1.54, 1.807) is 6.20 Å². The second-order valence-corrected chi connectivity index (χ2v) is 8.54. The number of oxazole rings is 1. The van der Waals surface area contributed by atoms with E-state index < -0.39 is 10.0 Å². The lowest BCUT2D eigenvalue weighted by Crippen LogP contribution is -2.29. The molecular formula is C18H17BrN2O3S. The van der Waals surface area contributed by atoms with E-state index in [4.69, 9.17) is 4.42 Å². The van der Waals surface area contributed by atoms with Crippen molar-refractivity contribution in [1.29, 1.82) is 0 Å². The summed E-state index contributed by atoms with van der Waals surface area (Å²) in [6.07, 6.45) is 2.80. The van der Waals surface area contributed by atoms with Crippen LogP contribution in [-0.2, 0) is 23.1 Å². The minimum Gasteiger partial charge on any atom is -0.439 e. The summed E-state index contributed by atoms with van der Waals surface area (Å²) in [4.78, 5) is 4.23. The third-order valence-electron chi connectivity index (χ3n) is 3.66. The standard InChI is InChI=1S/C18H17BrN2O3S/c1-25(22,23)21(12-14-5-3-2-4-6-14)13-18-20-11-17(24-18)15-7-9-16(19)10-8-15/h2-11H,12-13H2,1H3. The predicted molar refractivity (Wildman–Crippen MR) is 100 cm³/mol. The van der Waals surface area contributed by atoms with Gasteiger partial charge in [0.05, 0.1) is 19.0 Å². The zero-order chi connectivity index (χ0) is 17.9. The normalized spacial score (nSPS) is 11.8. The lowest BCUT2D eigenvalue weighted by atomic mass is 10.2. The third kappa shape index (κ3) is 4.78. The van der Waals surface area contributed by atoms with Crippen LogP contribution >= 0.6 is 15.9 Å². The molecule has 0 aliphatic carbocycles. The summed E-state index contributed by atoms with van der Waals surface area (Å²) in [5.74, 6) is 0.968. The van der Waals surface area contributed by atoms with Crippen LogP contribution in [0.15, 0.2) is 69.7 Å². The molecule has 3 aromatic rings. The van der Waals surface area contributed by atoms with E-state index in [0.717, 1.165) is 15.6 Å². The molecule has 0 fully saturated rings. The molecule has 5 nitrogen and oxygen atoms in total. The van der Waals surface area contributed by atoms with Gasteiger partial charge in [-0.3, -0.25) is 0 Å². The van der Waals surface area contributed by atoms with Crippen LogP contribution in [0.1, 0.15) is 11.5 Å². The van der Waals surface area contributed by atoms with Gasteiger partial charge in [-0.2, -0.15) is 4.31 Å². The molecule has 0 atom stereocenters. The van der Waals surface area contributed by atoms with Gasteiger partial charge in [0.15, 0.2) is 5.76 Å². The van der Waals surface area contributed by atoms with Crippen molar-refractivity contribution in [3.8, 4) is 11.3 Å². The van der Waals surface area contributed by atoms with Crippen molar-refractivity contribution in [1.82, 2.24) is 9.29 Å². The Hall–Kier alpha value is -1.96. The molecule has 7 heteroatoms. The van der Waals surface area contributed by atoms with Crippen LogP contribution in [0.25, 0.3) is 11.3 Å². The largest absolute Gasteiger partial charge is 0.439 e. The summed E-state index contributed by atoms with van der Waals surface area (Å²) < 4.78 is 32.3. The lowest BCUT2D eigenvalue weighted by Gasteiger charge is -2.18. The Labute approximate surface area is 155 Å². The van der Waals surface area contributed by atoms with Gasteiger partial charge in [-0.25, -0.2) is 13.4 Å². The number of hydrogen-bond donors (Lipinski definition) is 0. The van der Waals surface area contributed by atoms with E-state index in [9.17, 15) is 8.42 Å². The first-order chi connectivity index (χ1) is 11.9. The fourth-order valence-corrected chi connectivity index (χ4v) is 3.35. The molecule has 0 N–H and O–H groups in total. The summed E-state index contributed by atoms with van der Waals surface area (Å²) in [5.41, 5.74) is 1.79. The van der Waals surface area contributed by atoms with Crippen LogP contribution in [0.2, 0.25) is 0 Å². The second-order valence-electron chi connectivity index (χ2n) is 5.64. The van der Waals surface area contributed by atoms with Gasteiger partial charge in [0.1, 0.15) is 0 Å². The first-order valence-electron chi connectivity index (χ1n) is 7.61. The van der Waals surface area contributed by atoms with Crippen LogP contribution in [-0.4, -0.2) is 24.0 Å². The minimum atomic E-state index is -3.40. The lowest BCUT2D eigenvalue weighted by molar-refractivity contribution is 0.355. The summed E-state index contributed by atoms with van der Waals surface area (Å²) >= 11 is 3.39. The van der Waals surface area contributed by atoms with Crippen molar-refractivity contribution in [3.63, 3.8) is 0 Å². The van der Waals surface area contributed by atoms with E-state index in [1.165, 1.54) is 10.6 Å². The Morgan fingerprint density at radius 1 is 1.04 bits per heavy atom. The summed E-state index contributed by atoms with van der Waals surface area (Å²) in [6.45, 7) is 0.361. The Kier molecular flexibility index (Phi) is 5.36. The van der Waals surface area contributed by atoms with Crippen LogP contribution in [0.5, 0.6) is 0 Å². The number of rotatable bonds is 6. The molecule has 0 spiro atoms. The number of aromatic nitrogens is 1. The molecule has 2 aromatic carbocycles. The van der Waals surface area contributed by atoms with Gasteiger partial charge in [0.2, 0.25) is 15.9 Å². The molecule has 0 unspecified atom stereocenters. The smallest absolute Gasteiger partial charge is 0.211 e. The third-order valence-corrected chi connectivity index (χ3v) is 5.39.